The molecule has 2 aliphatic carbocycles. The number of carbonyl (C=O) groups is 1. The van der Waals surface area contributed by atoms with Crippen molar-refractivity contribution in [1.82, 2.24) is 24.5 Å². The van der Waals surface area contributed by atoms with Crippen LogP contribution in [0, 0.1) is 21.4 Å². The summed E-state index contributed by atoms with van der Waals surface area (Å²) in [7, 11) is -2.97. The molecule has 0 radical (unpaired) electrons. The van der Waals surface area contributed by atoms with E-state index in [-0.39, 0.29) is 40.9 Å². The van der Waals surface area contributed by atoms with Crippen molar-refractivity contribution in [2.45, 2.75) is 114 Å². The van der Waals surface area contributed by atoms with Crippen LogP contribution < -0.4 is 24.4 Å². The van der Waals surface area contributed by atoms with E-state index in [1.54, 1.807) is 44.6 Å². The summed E-state index contributed by atoms with van der Waals surface area (Å²) in [5, 5.41) is 26.6. The van der Waals surface area contributed by atoms with Crippen LogP contribution in [0.1, 0.15) is 118 Å². The Morgan fingerprint density at radius 3 is 2.43 bits per heavy atom. The molecule has 10 rings (SSSR count). The quantitative estimate of drug-likeness (QED) is 0.0529. The van der Waals surface area contributed by atoms with Gasteiger partial charge in [0.2, 0.25) is 0 Å². The Kier molecular flexibility index (Phi) is 15.0. The number of H-pyrrole nitrogens is 1. The maximum Gasteiger partial charge on any atom is 0.293 e. The number of anilines is 2. The molecule has 1 amide bonds. The van der Waals surface area contributed by atoms with E-state index in [0.717, 1.165) is 88.2 Å². The summed E-state index contributed by atoms with van der Waals surface area (Å²) in [5.41, 5.74) is 4.44. The number of benzene rings is 4. The average Bonchev–Trinajstić information content (AvgIpc) is 3.76. The summed E-state index contributed by atoms with van der Waals surface area (Å²) >= 11 is 0. The van der Waals surface area contributed by atoms with Crippen molar-refractivity contribution in [2.24, 2.45) is 11.3 Å². The molecule has 4 fully saturated rings. The Labute approximate surface area is 440 Å². The van der Waals surface area contributed by atoms with Crippen LogP contribution in [0.25, 0.3) is 11.0 Å². The number of rotatable bonds is 16. The minimum Gasteiger partial charge on any atom is -0.497 e. The second-order valence-electron chi connectivity index (χ2n) is 22.1. The van der Waals surface area contributed by atoms with Crippen LogP contribution in [-0.4, -0.2) is 102 Å². The average molecular weight is 1040 g/mol. The number of pyridine rings is 1. The number of nitro benzene ring substituents is 1. The molecule has 4 N–H and O–H groups in total. The number of para-hydroxylation sites is 1. The number of carbonyl (C=O) groups excluding carboxylic acids is 1. The fraction of sp³-hybridized carbons (Fsp3) is 0.448. The van der Waals surface area contributed by atoms with Crippen molar-refractivity contribution in [3.05, 3.63) is 142 Å². The second-order valence-corrected chi connectivity index (χ2v) is 23.7. The number of aromatic nitrogens is 2. The van der Waals surface area contributed by atoms with E-state index in [9.17, 15) is 28.4 Å². The normalized spacial score (nSPS) is 21.7. The second kappa shape index (κ2) is 21.6. The lowest BCUT2D eigenvalue weighted by Crippen LogP contribution is -2.56. The fourth-order valence-electron chi connectivity index (χ4n) is 12.2. The zero-order chi connectivity index (χ0) is 52.5. The first-order valence-electron chi connectivity index (χ1n) is 26.6. The van der Waals surface area contributed by atoms with E-state index in [0.29, 0.717) is 49.0 Å². The van der Waals surface area contributed by atoms with E-state index in [4.69, 9.17) is 9.47 Å². The lowest BCUT2D eigenvalue weighted by atomic mass is 9.59. The predicted molar refractivity (Wildman–Crippen MR) is 291 cm³/mol. The molecule has 4 aliphatic rings. The van der Waals surface area contributed by atoms with Crippen LogP contribution in [0.2, 0.25) is 0 Å². The van der Waals surface area contributed by atoms with Gasteiger partial charge in [0.05, 0.1) is 29.4 Å². The number of fused-ring (bicyclic) bond motifs is 1. The number of methoxy groups -OCH3 is 1. The standard InChI is InChI=1S/C58H70N8O8S/c1-39(2)47-9-5-6-10-48(47)51-38-63(37-41-13-16-45(73-4)17-14-41)27-8-28-65(51)44-33-58(34-44)24-29-64(30-25-58)43-15-18-49(52(32-43)74-46-31-42-21-26-59-55(42)61-36-46)56(67)62-75(71,72)53-12-7-11-50(66(69)70)54(53)60-35-40-19-22-57(3,68)23-20-40/h5-7,9-18,21,26,31-32,36,39-40,44,51,60,68H,8,19-20,22-25,27-30,33-35,37-38H2,1-4H3,(H,59,61)(H,62,67). The minimum absolute atomic E-state index is 0.0328. The molecule has 17 heteroatoms. The number of hydrogen-bond donors (Lipinski definition) is 4. The number of nitro groups is 1. The zero-order valence-corrected chi connectivity index (χ0v) is 44.3. The van der Waals surface area contributed by atoms with Gasteiger partial charge in [-0.05, 0) is 148 Å². The highest BCUT2D eigenvalue weighted by atomic mass is 32.2. The largest absolute Gasteiger partial charge is 0.497 e. The van der Waals surface area contributed by atoms with Crippen molar-refractivity contribution in [3.8, 4) is 17.2 Å². The van der Waals surface area contributed by atoms with Crippen LogP contribution in [0.3, 0.4) is 0 Å². The lowest BCUT2D eigenvalue weighted by Gasteiger charge is -2.57. The molecule has 1 atom stereocenters. The van der Waals surface area contributed by atoms with Crippen LogP contribution >= 0.6 is 0 Å². The van der Waals surface area contributed by atoms with Crippen LogP contribution in [0.5, 0.6) is 17.2 Å². The van der Waals surface area contributed by atoms with Gasteiger partial charge < -0.3 is 29.8 Å². The van der Waals surface area contributed by atoms with Crippen molar-refractivity contribution in [2.75, 3.05) is 56.6 Å². The van der Waals surface area contributed by atoms with E-state index in [2.05, 4.69) is 97.1 Å². The number of amides is 1. The number of ether oxygens (including phenoxy) is 2. The number of nitrogens with one attached hydrogen (secondary N) is 3. The van der Waals surface area contributed by atoms with Gasteiger partial charge in [0.25, 0.3) is 21.6 Å². The Hall–Kier alpha value is -6.53. The summed E-state index contributed by atoms with van der Waals surface area (Å²) in [5.74, 6) is 0.883. The molecule has 1 unspecified atom stereocenters. The number of sulfonamides is 1. The van der Waals surface area contributed by atoms with Crippen molar-refractivity contribution < 1.29 is 32.7 Å². The third-order valence-corrected chi connectivity index (χ3v) is 17.9. The summed E-state index contributed by atoms with van der Waals surface area (Å²) in [4.78, 5) is 40.8. The van der Waals surface area contributed by atoms with Crippen LogP contribution in [0.15, 0.2) is 114 Å². The molecule has 2 aliphatic heterocycles. The SMILES string of the molecule is COc1ccc(CN2CCCN(C3CC4(CCN(c5ccc(C(=O)NS(=O)(=O)c6cccc([N+](=O)[O-])c6NCC6CCC(C)(O)CC6)c(Oc6cnc7[nH]ccc7c6)c5)CC4)C3)C(c3ccccc3C(C)C)C2)cc1. The molecule has 1 spiro atoms. The molecule has 0 bridgehead atoms. The van der Waals surface area contributed by atoms with Crippen LogP contribution in [0.4, 0.5) is 17.1 Å². The Balaban J connectivity index is 0.856. The number of aliphatic hydroxyl groups is 1. The zero-order valence-electron chi connectivity index (χ0n) is 43.5. The van der Waals surface area contributed by atoms with Crippen molar-refractivity contribution >= 4 is 44.0 Å². The smallest absolute Gasteiger partial charge is 0.293 e. The third kappa shape index (κ3) is 11.5. The van der Waals surface area contributed by atoms with Gasteiger partial charge in [0.15, 0.2) is 0 Å². The monoisotopic (exact) mass is 1040 g/mol. The summed E-state index contributed by atoms with van der Waals surface area (Å²) in [6.45, 7) is 12.2. The van der Waals surface area contributed by atoms with Gasteiger partial charge in [-0.25, -0.2) is 18.1 Å². The number of nitrogens with zero attached hydrogens (tertiary/aromatic N) is 5. The number of hydrogen-bond acceptors (Lipinski definition) is 13. The predicted octanol–water partition coefficient (Wildman–Crippen LogP) is 10.6. The van der Waals surface area contributed by atoms with Crippen molar-refractivity contribution in [3.63, 3.8) is 0 Å². The molecule has 4 aromatic carbocycles. The van der Waals surface area contributed by atoms with Gasteiger partial charge >= 0.3 is 0 Å². The van der Waals surface area contributed by atoms with Gasteiger partial charge in [-0.3, -0.25) is 24.7 Å². The van der Waals surface area contributed by atoms with Gasteiger partial charge in [0, 0.05) is 80.8 Å². The van der Waals surface area contributed by atoms with Gasteiger partial charge in [0.1, 0.15) is 33.5 Å². The minimum atomic E-state index is -4.67. The molecular formula is C58H70N8O8S. The Morgan fingerprint density at radius 2 is 1.69 bits per heavy atom. The lowest BCUT2D eigenvalue weighted by molar-refractivity contribution is -0.384. The molecule has 396 valence electrons. The van der Waals surface area contributed by atoms with E-state index in [1.807, 2.05) is 12.1 Å². The van der Waals surface area contributed by atoms with E-state index >= 15 is 0 Å². The molecule has 16 nitrogen and oxygen atoms in total. The van der Waals surface area contributed by atoms with Gasteiger partial charge in [-0.1, -0.05) is 56.3 Å². The first-order valence-corrected chi connectivity index (χ1v) is 28.0. The fourth-order valence-corrected chi connectivity index (χ4v) is 13.4. The highest BCUT2D eigenvalue weighted by Gasteiger charge is 2.50. The summed E-state index contributed by atoms with van der Waals surface area (Å²) < 4.78 is 42.5. The highest BCUT2D eigenvalue weighted by molar-refractivity contribution is 7.90. The maximum absolute atomic E-state index is 14.3. The highest BCUT2D eigenvalue weighted by Crippen LogP contribution is 2.53. The Morgan fingerprint density at radius 1 is 0.933 bits per heavy atom. The molecule has 6 aromatic rings. The van der Waals surface area contributed by atoms with Gasteiger partial charge in [-0.2, -0.15) is 0 Å². The summed E-state index contributed by atoms with van der Waals surface area (Å²) in [6.07, 6.45) is 11.2. The van der Waals surface area contributed by atoms with E-state index < -0.39 is 37.0 Å². The van der Waals surface area contributed by atoms with Crippen molar-refractivity contribution in [1.29, 1.82) is 0 Å². The molecule has 75 heavy (non-hydrogen) atoms. The van der Waals surface area contributed by atoms with Crippen LogP contribution in [-0.2, 0) is 16.6 Å². The molecule has 2 saturated carbocycles. The topological polar surface area (TPSA) is 195 Å². The molecule has 2 aromatic heterocycles. The number of aromatic amines is 1. The molecule has 2 saturated heterocycles. The first-order chi connectivity index (χ1) is 36.1. The summed E-state index contributed by atoms with van der Waals surface area (Å²) in [6, 6.07) is 30.9. The first kappa shape index (κ1) is 51.9. The number of piperidine rings is 1. The van der Waals surface area contributed by atoms with Gasteiger partial charge in [-0.15, -0.1) is 0 Å². The third-order valence-electron chi connectivity index (χ3n) is 16.5. The van der Waals surface area contributed by atoms with E-state index in [1.165, 1.54) is 34.9 Å². The Bertz CT molecular complexity index is 3120. The maximum atomic E-state index is 14.3. The molecular weight excluding hydrogens is 969 g/mol. The molecule has 4 heterocycles.